The first kappa shape index (κ1) is 26.4. The second kappa shape index (κ2) is 10.4. The number of nitrogens with zero attached hydrogens (tertiary/aromatic N) is 4. The average molecular weight is 532 g/mol. The minimum absolute atomic E-state index is 0.0965. The maximum atomic E-state index is 13.2. The molecule has 194 valence electrons. The average Bonchev–Trinajstić information content (AvgIpc) is 3.27. The minimum Gasteiger partial charge on any atom is -0.462 e. The predicted octanol–water partition coefficient (Wildman–Crippen LogP) is 5.64. The monoisotopic (exact) mass is 531 g/mol. The highest BCUT2D eigenvalue weighted by Gasteiger charge is 2.35. The highest BCUT2D eigenvalue weighted by atomic mass is 35.5. The molecular formula is C26H25ClF3N5O2. The lowest BCUT2D eigenvalue weighted by molar-refractivity contribution is -0.138. The van der Waals surface area contributed by atoms with Gasteiger partial charge >= 0.3 is 6.18 Å². The molecule has 4 rings (SSSR count). The van der Waals surface area contributed by atoms with Gasteiger partial charge in [0.05, 0.1) is 17.1 Å². The summed E-state index contributed by atoms with van der Waals surface area (Å²) in [5, 5.41) is 12.2. The number of nitrogens with one attached hydrogen (secondary N) is 1. The number of halogens is 4. The molecule has 2 aromatic carbocycles. The van der Waals surface area contributed by atoms with Crippen molar-refractivity contribution in [3.8, 4) is 5.88 Å². The zero-order valence-electron chi connectivity index (χ0n) is 20.3. The predicted molar refractivity (Wildman–Crippen MR) is 133 cm³/mol. The van der Waals surface area contributed by atoms with E-state index in [1.54, 1.807) is 16.8 Å². The zero-order valence-corrected chi connectivity index (χ0v) is 21.1. The van der Waals surface area contributed by atoms with E-state index in [1.165, 1.54) is 13.8 Å². The number of fused-ring (bicyclic) bond motifs is 1. The van der Waals surface area contributed by atoms with Crippen molar-refractivity contribution in [2.75, 3.05) is 0 Å². The van der Waals surface area contributed by atoms with Gasteiger partial charge in [-0.2, -0.15) is 13.2 Å². The molecule has 0 fully saturated rings. The summed E-state index contributed by atoms with van der Waals surface area (Å²) < 4.78 is 45.9. The molecule has 0 saturated heterocycles. The molecule has 2 atom stereocenters. The van der Waals surface area contributed by atoms with Crippen molar-refractivity contribution in [1.29, 1.82) is 0 Å². The third kappa shape index (κ3) is 6.19. The molecule has 0 aliphatic heterocycles. The second-order valence-electron chi connectivity index (χ2n) is 9.18. The molecule has 0 radical (unpaired) electrons. The van der Waals surface area contributed by atoms with Crippen LogP contribution in [0.5, 0.6) is 5.88 Å². The number of hydrogen-bond donors (Lipinski definition) is 1. The van der Waals surface area contributed by atoms with Crippen LogP contribution in [0.4, 0.5) is 13.2 Å². The molecule has 0 bridgehead atoms. The molecule has 2 aromatic heterocycles. The number of ether oxygens (including phenoxy) is 1. The van der Waals surface area contributed by atoms with Crippen LogP contribution in [-0.2, 0) is 17.4 Å². The van der Waals surface area contributed by atoms with E-state index in [-0.39, 0.29) is 11.9 Å². The Morgan fingerprint density at radius 1 is 1.08 bits per heavy atom. The SMILES string of the molecule is CC(NC(=O)C(C)(C)Oc1ccc(C(F)(F)F)cn1)C(Cc1ccc(Cl)cc1)n1nnc2ccccc21. The number of benzene rings is 2. The smallest absolute Gasteiger partial charge is 0.417 e. The second-order valence-corrected chi connectivity index (χ2v) is 9.61. The highest BCUT2D eigenvalue weighted by Crippen LogP contribution is 2.30. The molecule has 2 heterocycles. The molecule has 2 unspecified atom stereocenters. The van der Waals surface area contributed by atoms with Crippen LogP contribution in [0.3, 0.4) is 0 Å². The van der Waals surface area contributed by atoms with Gasteiger partial charge in [0, 0.05) is 23.3 Å². The first-order valence-corrected chi connectivity index (χ1v) is 11.9. The fourth-order valence-corrected chi connectivity index (χ4v) is 3.99. The number of amides is 1. The summed E-state index contributed by atoms with van der Waals surface area (Å²) >= 11 is 6.05. The maximum absolute atomic E-state index is 13.2. The van der Waals surface area contributed by atoms with Crippen LogP contribution < -0.4 is 10.1 Å². The van der Waals surface area contributed by atoms with Gasteiger partial charge in [-0.1, -0.05) is 41.1 Å². The largest absolute Gasteiger partial charge is 0.462 e. The first-order chi connectivity index (χ1) is 17.4. The number of pyridine rings is 1. The number of hydrogen-bond acceptors (Lipinski definition) is 5. The van der Waals surface area contributed by atoms with E-state index >= 15 is 0 Å². The van der Waals surface area contributed by atoms with E-state index < -0.39 is 29.3 Å². The molecule has 7 nitrogen and oxygen atoms in total. The summed E-state index contributed by atoms with van der Waals surface area (Å²) in [7, 11) is 0. The first-order valence-electron chi connectivity index (χ1n) is 11.5. The van der Waals surface area contributed by atoms with Gasteiger partial charge in [-0.3, -0.25) is 4.79 Å². The van der Waals surface area contributed by atoms with Crippen LogP contribution >= 0.6 is 11.6 Å². The van der Waals surface area contributed by atoms with Crippen LogP contribution in [0.25, 0.3) is 11.0 Å². The summed E-state index contributed by atoms with van der Waals surface area (Å²) in [6.45, 7) is 4.89. The Morgan fingerprint density at radius 2 is 1.78 bits per heavy atom. The standard InChI is InChI=1S/C26H25ClF3N5O2/c1-16(32-24(36)25(2,3)37-23-13-10-18(15-31-23)26(28,29)30)22(14-17-8-11-19(27)12-9-17)35-21-7-5-4-6-20(21)33-34-35/h4-13,15-16,22H,14H2,1-3H3,(H,32,36). The van der Waals surface area contributed by atoms with Crippen molar-refractivity contribution in [2.45, 2.75) is 51.1 Å². The number of para-hydroxylation sites is 1. The highest BCUT2D eigenvalue weighted by molar-refractivity contribution is 6.30. The Hall–Kier alpha value is -3.66. The number of aromatic nitrogens is 4. The molecular weight excluding hydrogens is 507 g/mol. The van der Waals surface area contributed by atoms with Crippen molar-refractivity contribution in [3.05, 3.63) is 83.0 Å². The third-order valence-electron chi connectivity index (χ3n) is 5.96. The van der Waals surface area contributed by atoms with Crippen LogP contribution in [-0.4, -0.2) is 37.5 Å². The van der Waals surface area contributed by atoms with Crippen molar-refractivity contribution < 1.29 is 22.7 Å². The molecule has 0 aliphatic carbocycles. The quantitative estimate of drug-likeness (QED) is 0.318. The van der Waals surface area contributed by atoms with Crippen LogP contribution in [0.15, 0.2) is 66.9 Å². The van der Waals surface area contributed by atoms with Crippen molar-refractivity contribution in [1.82, 2.24) is 25.3 Å². The Bertz CT molecular complexity index is 1370. The molecule has 1 amide bonds. The molecule has 11 heteroatoms. The van der Waals surface area contributed by atoms with E-state index in [1.807, 2.05) is 43.3 Å². The Labute approximate surface area is 216 Å². The van der Waals surface area contributed by atoms with Gasteiger partial charge in [-0.15, -0.1) is 5.10 Å². The van der Waals surface area contributed by atoms with E-state index in [9.17, 15) is 18.0 Å². The lowest BCUT2D eigenvalue weighted by Crippen LogP contribution is -2.51. The molecule has 0 saturated carbocycles. The molecule has 1 N–H and O–H groups in total. The van der Waals surface area contributed by atoms with E-state index in [4.69, 9.17) is 16.3 Å². The third-order valence-corrected chi connectivity index (χ3v) is 6.21. The van der Waals surface area contributed by atoms with Gasteiger partial charge in [-0.25, -0.2) is 9.67 Å². The number of carbonyl (C=O) groups excluding carboxylic acids is 1. The van der Waals surface area contributed by atoms with E-state index in [2.05, 4.69) is 20.6 Å². The molecule has 0 spiro atoms. The molecule has 37 heavy (non-hydrogen) atoms. The topological polar surface area (TPSA) is 81.9 Å². The van der Waals surface area contributed by atoms with Gasteiger partial charge in [-0.05, 0) is 63.1 Å². The minimum atomic E-state index is -4.52. The Kier molecular flexibility index (Phi) is 7.40. The van der Waals surface area contributed by atoms with Crippen molar-refractivity contribution in [3.63, 3.8) is 0 Å². The van der Waals surface area contributed by atoms with Gasteiger partial charge in [0.1, 0.15) is 5.52 Å². The fourth-order valence-electron chi connectivity index (χ4n) is 3.86. The van der Waals surface area contributed by atoms with Crippen LogP contribution in [0.2, 0.25) is 5.02 Å². The zero-order chi connectivity index (χ0) is 26.8. The summed E-state index contributed by atoms with van der Waals surface area (Å²) in [4.78, 5) is 16.9. The van der Waals surface area contributed by atoms with E-state index in [0.29, 0.717) is 17.6 Å². The summed E-state index contributed by atoms with van der Waals surface area (Å²) in [5.41, 5.74) is 0.197. The van der Waals surface area contributed by atoms with Crippen molar-refractivity contribution >= 4 is 28.5 Å². The van der Waals surface area contributed by atoms with Crippen molar-refractivity contribution in [2.24, 2.45) is 0 Å². The van der Waals surface area contributed by atoms with Gasteiger partial charge < -0.3 is 10.1 Å². The Morgan fingerprint density at radius 3 is 2.43 bits per heavy atom. The van der Waals surface area contributed by atoms with Crippen LogP contribution in [0.1, 0.15) is 37.9 Å². The number of carbonyl (C=O) groups is 1. The summed E-state index contributed by atoms with van der Waals surface area (Å²) in [6, 6.07) is 16.1. The fraction of sp³-hybridized carbons (Fsp3) is 0.308. The molecule has 4 aromatic rings. The van der Waals surface area contributed by atoms with E-state index in [0.717, 1.165) is 28.7 Å². The lowest BCUT2D eigenvalue weighted by atomic mass is 9.99. The maximum Gasteiger partial charge on any atom is 0.417 e. The normalized spacial score (nSPS) is 13.8. The lowest BCUT2D eigenvalue weighted by Gasteiger charge is -2.30. The van der Waals surface area contributed by atoms with Gasteiger partial charge in [0.2, 0.25) is 5.88 Å². The van der Waals surface area contributed by atoms with Gasteiger partial charge in [0.25, 0.3) is 5.91 Å². The summed E-state index contributed by atoms with van der Waals surface area (Å²) in [5.74, 6) is -0.562. The molecule has 0 aliphatic rings. The Balaban J connectivity index is 1.55. The van der Waals surface area contributed by atoms with Gasteiger partial charge in [0.15, 0.2) is 5.60 Å². The summed E-state index contributed by atoms with van der Waals surface area (Å²) in [6.07, 6.45) is -3.32. The number of alkyl halides is 3. The number of rotatable bonds is 8. The van der Waals surface area contributed by atoms with Crippen LogP contribution in [0, 0.1) is 0 Å².